The molecule has 0 unspecified atom stereocenters. The summed E-state index contributed by atoms with van der Waals surface area (Å²) in [4.78, 5) is 0. The maximum atomic E-state index is 4.69. The molecule has 0 saturated heterocycles. The van der Waals surface area contributed by atoms with Crippen LogP contribution in [0.3, 0.4) is 0 Å². The summed E-state index contributed by atoms with van der Waals surface area (Å²) in [5, 5.41) is 0. The van der Waals surface area contributed by atoms with Crippen LogP contribution in [-0.4, -0.2) is 0 Å². The smallest absolute Gasteiger partial charge is 0.0859 e. The second-order valence-electron chi connectivity index (χ2n) is 0.575. The van der Waals surface area contributed by atoms with Gasteiger partial charge in [0.25, 0.3) is 0 Å². The van der Waals surface area contributed by atoms with Crippen molar-refractivity contribution >= 4 is 24.8 Å². The molecular weight excluding hydrogens is 123 g/mol. The number of hydrogen-bond donors (Lipinski definition) is 2. The van der Waals surface area contributed by atoms with Gasteiger partial charge in [0, 0.05) is 0 Å². The molecule has 0 aromatic carbocycles. The Hall–Kier alpha value is -0.0800. The monoisotopic (exact) mass is 130 g/mol. The fourth-order valence-electron chi connectivity index (χ4n) is 0. The van der Waals surface area contributed by atoms with E-state index in [1.165, 1.54) is 0 Å². The Bertz CT molecular complexity index is 32.5. The quantitative estimate of drug-likeness (QED) is 0.494. The van der Waals surface area contributed by atoms with Gasteiger partial charge in [-0.1, -0.05) is 6.58 Å². The SMILES string of the molecule is C=C(N)N.Cl.Cl. The van der Waals surface area contributed by atoms with Crippen molar-refractivity contribution in [2.24, 2.45) is 11.5 Å². The minimum atomic E-state index is 0. The lowest BCUT2D eigenvalue weighted by Gasteiger charge is -1.72. The third-order valence-corrected chi connectivity index (χ3v) is 0. The van der Waals surface area contributed by atoms with Crippen LogP contribution in [0.5, 0.6) is 0 Å². The summed E-state index contributed by atoms with van der Waals surface area (Å²) >= 11 is 0. The molecular formula is C2H8Cl2N2. The lowest BCUT2D eigenvalue weighted by molar-refractivity contribution is 1.27. The Kier molecular flexibility index (Phi) is 24.8. The average molecular weight is 131 g/mol. The first-order chi connectivity index (χ1) is 1.73. The van der Waals surface area contributed by atoms with Crippen LogP contribution in [0.15, 0.2) is 12.4 Å². The van der Waals surface area contributed by atoms with Crippen molar-refractivity contribution in [1.29, 1.82) is 0 Å². The van der Waals surface area contributed by atoms with Crippen molar-refractivity contribution in [3.63, 3.8) is 0 Å². The second-order valence-corrected chi connectivity index (χ2v) is 0.575. The largest absolute Gasteiger partial charge is 0.386 e. The minimum absolute atomic E-state index is 0. The Morgan fingerprint density at radius 3 is 1.17 bits per heavy atom. The molecule has 0 aliphatic carbocycles. The molecule has 0 spiro atoms. The first-order valence-electron chi connectivity index (χ1n) is 0.931. The summed E-state index contributed by atoms with van der Waals surface area (Å²) in [6.07, 6.45) is 0. The molecule has 0 aromatic rings. The number of halogens is 2. The predicted octanol–water partition coefficient (Wildman–Crippen LogP) is 0.219. The summed E-state index contributed by atoms with van der Waals surface area (Å²) in [7, 11) is 0. The predicted molar refractivity (Wildman–Crippen MR) is 32.0 cm³/mol. The van der Waals surface area contributed by atoms with E-state index >= 15 is 0 Å². The van der Waals surface area contributed by atoms with Crippen molar-refractivity contribution in [2.75, 3.05) is 0 Å². The standard InChI is InChI=1S/C2H6N2.2ClH/c1-2(3)4;;/h1,3-4H2;2*1H. The van der Waals surface area contributed by atoms with Crippen LogP contribution in [0, 0.1) is 0 Å². The molecule has 2 nitrogen and oxygen atoms in total. The molecule has 0 bridgehead atoms. The van der Waals surface area contributed by atoms with Crippen molar-refractivity contribution < 1.29 is 0 Å². The number of nitrogens with two attached hydrogens (primary N) is 2. The van der Waals surface area contributed by atoms with Gasteiger partial charge in [0.15, 0.2) is 0 Å². The summed E-state index contributed by atoms with van der Waals surface area (Å²) in [6.45, 7) is 3.11. The van der Waals surface area contributed by atoms with Gasteiger partial charge in [-0.2, -0.15) is 0 Å². The van der Waals surface area contributed by atoms with E-state index in [-0.39, 0.29) is 30.6 Å². The molecule has 4 heteroatoms. The summed E-state index contributed by atoms with van der Waals surface area (Å²) in [5.41, 5.74) is 9.39. The topological polar surface area (TPSA) is 52.0 Å². The van der Waals surface area contributed by atoms with Crippen LogP contribution in [0.25, 0.3) is 0 Å². The molecule has 40 valence electrons. The van der Waals surface area contributed by atoms with Gasteiger partial charge in [-0.25, -0.2) is 0 Å². The van der Waals surface area contributed by atoms with Gasteiger partial charge in [0.1, 0.15) is 0 Å². The normalized spacial score (nSPS) is 4.00. The van der Waals surface area contributed by atoms with Crippen LogP contribution >= 0.6 is 24.8 Å². The Morgan fingerprint density at radius 2 is 1.17 bits per heavy atom. The molecule has 0 saturated carbocycles. The van der Waals surface area contributed by atoms with E-state index in [1.807, 2.05) is 0 Å². The van der Waals surface area contributed by atoms with Crippen LogP contribution in [0.2, 0.25) is 0 Å². The fraction of sp³-hybridized carbons (Fsp3) is 0. The summed E-state index contributed by atoms with van der Waals surface area (Å²) in [5.74, 6) is 0.167. The zero-order chi connectivity index (χ0) is 3.58. The van der Waals surface area contributed by atoms with E-state index in [1.54, 1.807) is 0 Å². The van der Waals surface area contributed by atoms with Crippen molar-refractivity contribution in [2.45, 2.75) is 0 Å². The Balaban J connectivity index is -0.0000000450. The molecule has 0 radical (unpaired) electrons. The van der Waals surface area contributed by atoms with Crippen molar-refractivity contribution in [3.8, 4) is 0 Å². The van der Waals surface area contributed by atoms with Gasteiger partial charge < -0.3 is 11.5 Å². The Morgan fingerprint density at radius 1 is 1.17 bits per heavy atom. The molecule has 6 heavy (non-hydrogen) atoms. The van der Waals surface area contributed by atoms with Gasteiger partial charge in [0.05, 0.1) is 5.82 Å². The first-order valence-corrected chi connectivity index (χ1v) is 0.931. The van der Waals surface area contributed by atoms with Crippen LogP contribution in [-0.2, 0) is 0 Å². The first kappa shape index (κ1) is 16.8. The molecule has 0 aromatic heterocycles. The van der Waals surface area contributed by atoms with Crippen molar-refractivity contribution in [1.82, 2.24) is 0 Å². The van der Waals surface area contributed by atoms with E-state index in [0.717, 1.165) is 0 Å². The highest BCUT2D eigenvalue weighted by Gasteiger charge is 1.48. The third kappa shape index (κ3) is 5220. The molecule has 0 fully saturated rings. The highest BCUT2D eigenvalue weighted by molar-refractivity contribution is 5.85. The maximum absolute atomic E-state index is 4.69. The average Bonchev–Trinajstić information content (AvgIpc) is 0.811. The van der Waals surface area contributed by atoms with E-state index < -0.39 is 0 Å². The molecule has 0 atom stereocenters. The molecule has 0 rings (SSSR count). The minimum Gasteiger partial charge on any atom is -0.386 e. The molecule has 0 aliphatic heterocycles. The van der Waals surface area contributed by atoms with Crippen molar-refractivity contribution in [3.05, 3.63) is 12.4 Å². The fourth-order valence-corrected chi connectivity index (χ4v) is 0. The van der Waals surface area contributed by atoms with Gasteiger partial charge in [-0.05, 0) is 0 Å². The van der Waals surface area contributed by atoms with E-state index in [2.05, 4.69) is 6.58 Å². The van der Waals surface area contributed by atoms with Gasteiger partial charge in [0.2, 0.25) is 0 Å². The zero-order valence-electron chi connectivity index (χ0n) is 3.18. The highest BCUT2D eigenvalue weighted by Crippen LogP contribution is 1.39. The number of hydrogen-bond acceptors (Lipinski definition) is 2. The van der Waals surface area contributed by atoms with Crippen LogP contribution in [0.1, 0.15) is 0 Å². The van der Waals surface area contributed by atoms with E-state index in [9.17, 15) is 0 Å². The zero-order valence-corrected chi connectivity index (χ0v) is 4.81. The van der Waals surface area contributed by atoms with Gasteiger partial charge in [-0.15, -0.1) is 24.8 Å². The van der Waals surface area contributed by atoms with Gasteiger partial charge in [-0.3, -0.25) is 0 Å². The Labute approximate surface area is 49.4 Å². The molecule has 0 heterocycles. The van der Waals surface area contributed by atoms with E-state index in [4.69, 9.17) is 11.5 Å². The van der Waals surface area contributed by atoms with Gasteiger partial charge >= 0.3 is 0 Å². The lowest BCUT2D eigenvalue weighted by Crippen LogP contribution is -2.04. The highest BCUT2D eigenvalue weighted by atomic mass is 35.5. The van der Waals surface area contributed by atoms with Crippen LogP contribution < -0.4 is 11.5 Å². The second kappa shape index (κ2) is 8.87. The molecule has 0 amide bonds. The van der Waals surface area contributed by atoms with E-state index in [0.29, 0.717) is 0 Å². The maximum Gasteiger partial charge on any atom is 0.0859 e. The molecule has 0 aliphatic rings. The summed E-state index contributed by atoms with van der Waals surface area (Å²) in [6, 6.07) is 0. The summed E-state index contributed by atoms with van der Waals surface area (Å²) < 4.78 is 0. The molecule has 4 N–H and O–H groups in total. The van der Waals surface area contributed by atoms with Crippen LogP contribution in [0.4, 0.5) is 0 Å². The third-order valence-electron chi connectivity index (χ3n) is 0. The lowest BCUT2D eigenvalue weighted by atomic mass is 10.9. The number of rotatable bonds is 0.